The fourth-order valence-corrected chi connectivity index (χ4v) is 2.55. The van der Waals surface area contributed by atoms with Gasteiger partial charge in [-0.2, -0.15) is 13.2 Å². The second-order valence-corrected chi connectivity index (χ2v) is 5.26. The highest BCUT2D eigenvalue weighted by atomic mass is 32.1. The van der Waals surface area contributed by atoms with Crippen molar-refractivity contribution in [2.24, 2.45) is 0 Å². The van der Waals surface area contributed by atoms with E-state index < -0.39 is 52.7 Å². The molecule has 122 valence electrons. The van der Waals surface area contributed by atoms with Crippen LogP contribution in [-0.2, 0) is 9.47 Å². The van der Waals surface area contributed by atoms with Crippen molar-refractivity contribution in [2.45, 2.75) is 30.0 Å². The van der Waals surface area contributed by atoms with Gasteiger partial charge in [0.05, 0.1) is 6.20 Å². The maximum Gasteiger partial charge on any atom is 0.429 e. The van der Waals surface area contributed by atoms with Crippen LogP contribution in [0.5, 0.6) is 0 Å². The van der Waals surface area contributed by atoms with Crippen LogP contribution < -0.4 is 5.69 Å². The number of hydrogen-bond acceptors (Lipinski definition) is 5. The molecule has 12 heteroatoms. The van der Waals surface area contributed by atoms with Gasteiger partial charge in [-0.25, -0.2) is 13.6 Å². The summed E-state index contributed by atoms with van der Waals surface area (Å²) in [5.41, 5.74) is -5.43. The van der Waals surface area contributed by atoms with Gasteiger partial charge < -0.3 is 14.6 Å². The number of alkyl halides is 4. The highest BCUT2D eigenvalue weighted by Gasteiger charge is 2.86. The molecule has 4 atom stereocenters. The van der Waals surface area contributed by atoms with Crippen LogP contribution in [0.1, 0.15) is 6.23 Å². The van der Waals surface area contributed by atoms with Crippen LogP contribution in [-0.4, -0.2) is 45.0 Å². The molecular formula is C10H7F5N2O4S. The number of aliphatic hydroxyl groups excluding tert-OH is 1. The number of ether oxygens (including phenoxy) is 2. The molecule has 2 N–H and O–H groups in total. The van der Waals surface area contributed by atoms with Crippen molar-refractivity contribution in [3.8, 4) is 0 Å². The molecule has 0 saturated carbocycles. The zero-order chi connectivity index (χ0) is 16.5. The van der Waals surface area contributed by atoms with E-state index in [9.17, 15) is 26.7 Å². The third-order valence-corrected chi connectivity index (χ3v) is 3.84. The van der Waals surface area contributed by atoms with E-state index >= 15 is 0 Å². The number of nitrogens with zero attached hydrogens (tertiary/aromatic N) is 1. The summed E-state index contributed by atoms with van der Waals surface area (Å²) >= 11 is 4.42. The molecule has 1 aromatic heterocycles. The van der Waals surface area contributed by atoms with Gasteiger partial charge in [0, 0.05) is 0 Å². The molecule has 0 aliphatic carbocycles. The number of aromatic nitrogens is 2. The summed E-state index contributed by atoms with van der Waals surface area (Å²) in [6.45, 7) is -1.06. The lowest BCUT2D eigenvalue weighted by Gasteiger charge is -2.30. The zero-order valence-electron chi connectivity index (χ0n) is 10.4. The Morgan fingerprint density at radius 2 is 2.09 bits per heavy atom. The predicted molar refractivity (Wildman–Crippen MR) is 60.6 cm³/mol. The first kappa shape index (κ1) is 15.5. The molecule has 2 saturated heterocycles. The Morgan fingerprint density at radius 3 is 2.64 bits per heavy atom. The Balaban J connectivity index is 2.16. The van der Waals surface area contributed by atoms with Gasteiger partial charge in [0.15, 0.2) is 18.1 Å². The van der Waals surface area contributed by atoms with Crippen LogP contribution >= 0.6 is 12.2 Å². The van der Waals surface area contributed by atoms with Crippen molar-refractivity contribution < 1.29 is 36.5 Å². The van der Waals surface area contributed by atoms with Gasteiger partial charge in [-0.05, 0) is 0 Å². The number of H-pyrrole nitrogens is 1. The average molecular weight is 346 g/mol. The van der Waals surface area contributed by atoms with Crippen molar-refractivity contribution in [3.63, 3.8) is 0 Å². The first-order valence-corrected chi connectivity index (χ1v) is 6.21. The second-order valence-electron chi connectivity index (χ2n) is 4.85. The van der Waals surface area contributed by atoms with Crippen molar-refractivity contribution in [1.82, 2.24) is 9.55 Å². The van der Waals surface area contributed by atoms with E-state index in [-0.39, 0.29) is 4.57 Å². The van der Waals surface area contributed by atoms with E-state index in [1.54, 1.807) is 4.98 Å². The largest absolute Gasteiger partial charge is 0.429 e. The van der Waals surface area contributed by atoms with Gasteiger partial charge in [-0.3, -0.25) is 9.55 Å². The van der Waals surface area contributed by atoms with Gasteiger partial charge >= 0.3 is 11.9 Å². The van der Waals surface area contributed by atoms with Crippen LogP contribution in [0.4, 0.5) is 22.0 Å². The summed E-state index contributed by atoms with van der Waals surface area (Å²) in [5, 5.41) is 9.03. The van der Waals surface area contributed by atoms with E-state index in [1.165, 1.54) is 0 Å². The fraction of sp³-hybridized carbons (Fsp3) is 0.600. The SMILES string of the molecule is O=c1[nH]c(=S)c(F)cn1[C@@H]1OC2(CO)O[C@@H]2C1(F)C(F)(F)F. The molecule has 0 bridgehead atoms. The third-order valence-electron chi connectivity index (χ3n) is 3.54. The summed E-state index contributed by atoms with van der Waals surface area (Å²) in [5.74, 6) is -3.44. The monoisotopic (exact) mass is 346 g/mol. The molecular weight excluding hydrogens is 339 g/mol. The van der Waals surface area contributed by atoms with E-state index in [1.807, 2.05) is 0 Å². The minimum Gasteiger partial charge on any atom is -0.391 e. The smallest absolute Gasteiger partial charge is 0.391 e. The van der Waals surface area contributed by atoms with E-state index in [0.29, 0.717) is 6.20 Å². The van der Waals surface area contributed by atoms with Gasteiger partial charge in [0.2, 0.25) is 5.79 Å². The number of halogens is 5. The minimum atomic E-state index is -5.49. The molecule has 3 heterocycles. The first-order valence-electron chi connectivity index (χ1n) is 5.80. The molecule has 2 aliphatic rings. The molecule has 0 spiro atoms. The van der Waals surface area contributed by atoms with E-state index in [2.05, 4.69) is 17.0 Å². The molecule has 2 aliphatic heterocycles. The molecule has 6 nitrogen and oxygen atoms in total. The number of fused-ring (bicyclic) bond motifs is 1. The molecule has 3 rings (SSSR count). The van der Waals surface area contributed by atoms with Gasteiger partial charge in [0.25, 0.3) is 5.67 Å². The lowest BCUT2D eigenvalue weighted by Crippen LogP contribution is -2.52. The maximum absolute atomic E-state index is 14.6. The lowest BCUT2D eigenvalue weighted by molar-refractivity contribution is -0.290. The van der Waals surface area contributed by atoms with Gasteiger partial charge in [-0.1, -0.05) is 12.2 Å². The van der Waals surface area contributed by atoms with Gasteiger partial charge in [0.1, 0.15) is 11.2 Å². The number of epoxide rings is 1. The topological polar surface area (TPSA) is 79.8 Å². The zero-order valence-corrected chi connectivity index (χ0v) is 11.2. The molecule has 22 heavy (non-hydrogen) atoms. The summed E-state index contributed by atoms with van der Waals surface area (Å²) in [7, 11) is 0. The molecule has 2 fully saturated rings. The van der Waals surface area contributed by atoms with Crippen LogP contribution in [0, 0.1) is 10.5 Å². The van der Waals surface area contributed by atoms with Crippen LogP contribution in [0.2, 0.25) is 0 Å². The third kappa shape index (κ3) is 1.81. The Morgan fingerprint density at radius 1 is 1.45 bits per heavy atom. The highest BCUT2D eigenvalue weighted by molar-refractivity contribution is 7.71. The van der Waals surface area contributed by atoms with E-state index in [0.717, 1.165) is 0 Å². The second kappa shape index (κ2) is 4.34. The van der Waals surface area contributed by atoms with Crippen LogP contribution in [0.15, 0.2) is 11.0 Å². The fourth-order valence-electron chi connectivity index (χ4n) is 2.41. The summed E-state index contributed by atoms with van der Waals surface area (Å²) in [4.78, 5) is 13.4. The highest BCUT2D eigenvalue weighted by Crippen LogP contribution is 2.63. The molecule has 0 radical (unpaired) electrons. The van der Waals surface area contributed by atoms with Gasteiger partial charge in [-0.15, -0.1) is 0 Å². The number of aromatic amines is 1. The number of aliphatic hydroxyl groups is 1. The van der Waals surface area contributed by atoms with Crippen molar-refractivity contribution >= 4 is 12.2 Å². The Kier molecular flexibility index (Phi) is 3.06. The molecule has 0 amide bonds. The standard InChI is InChI=1S/C10H7F5N2O4S/c11-3-1-17(7(19)16-4(3)22)6-9(12,10(13,14)15)5-8(2-18,20-5)21-6/h1,5-6,18H,2H2,(H,16,19,22)/t5-,6+,8?,9?/m0/s1. The Bertz CT molecular complexity index is 748. The van der Waals surface area contributed by atoms with Crippen molar-refractivity contribution in [1.29, 1.82) is 0 Å². The minimum absolute atomic E-state index is 0.0611. The summed E-state index contributed by atoms with van der Waals surface area (Å²) in [6, 6.07) is 0. The lowest BCUT2D eigenvalue weighted by atomic mass is 9.98. The molecule has 0 aromatic carbocycles. The predicted octanol–water partition coefficient (Wildman–Crippen LogP) is 0.932. The quantitative estimate of drug-likeness (QED) is 0.473. The van der Waals surface area contributed by atoms with Crippen molar-refractivity contribution in [3.05, 3.63) is 27.1 Å². The first-order chi connectivity index (χ1) is 10.1. The number of nitrogens with one attached hydrogen (secondary N) is 1. The number of hydrogen-bond donors (Lipinski definition) is 2. The summed E-state index contributed by atoms with van der Waals surface area (Å²) in [6.07, 6.45) is -9.90. The number of rotatable bonds is 2. The van der Waals surface area contributed by atoms with Crippen LogP contribution in [0.3, 0.4) is 0 Å². The molecule has 2 unspecified atom stereocenters. The Labute approximate surface area is 123 Å². The van der Waals surface area contributed by atoms with E-state index in [4.69, 9.17) is 9.84 Å². The average Bonchev–Trinajstić information content (AvgIpc) is 3.08. The maximum atomic E-state index is 14.6. The summed E-state index contributed by atoms with van der Waals surface area (Å²) < 4.78 is 76.0. The van der Waals surface area contributed by atoms with Crippen LogP contribution in [0.25, 0.3) is 0 Å². The molecule has 1 aromatic rings. The van der Waals surface area contributed by atoms with Crippen molar-refractivity contribution in [2.75, 3.05) is 6.61 Å². The Hall–Kier alpha value is -1.37. The normalized spacial score (nSPS) is 37.2.